The molecule has 0 spiro atoms. The van der Waals surface area contributed by atoms with Crippen molar-refractivity contribution in [3.8, 4) is 0 Å². The van der Waals surface area contributed by atoms with Gasteiger partial charge in [0.25, 0.3) is 0 Å². The van der Waals surface area contributed by atoms with Crippen LogP contribution in [0.25, 0.3) is 6.08 Å². The Morgan fingerprint density at radius 2 is 1.54 bits per heavy atom. The fraction of sp³-hybridized carbons (Fsp3) is 0.769. The van der Waals surface area contributed by atoms with Crippen LogP contribution in [0.2, 0.25) is 36.3 Å². The number of esters is 1. The van der Waals surface area contributed by atoms with E-state index in [1.54, 1.807) is 11.3 Å². The van der Waals surface area contributed by atoms with Gasteiger partial charge in [-0.3, -0.25) is 9.59 Å². The Hall–Kier alpha value is -1.40. The Labute approximate surface area is 300 Å². The molecule has 0 aliphatic carbocycles. The summed E-state index contributed by atoms with van der Waals surface area (Å²) in [5.41, 5.74) is 2.08. The molecule has 48 heavy (non-hydrogen) atoms. The molecule has 0 N–H and O–H groups in total. The maximum absolute atomic E-state index is 14.8. The zero-order valence-corrected chi connectivity index (χ0v) is 36.4. The van der Waals surface area contributed by atoms with Crippen molar-refractivity contribution < 1.29 is 23.2 Å². The highest BCUT2D eigenvalue weighted by molar-refractivity contribution is 7.09. The van der Waals surface area contributed by atoms with Crippen LogP contribution in [0, 0.1) is 24.2 Å². The van der Waals surface area contributed by atoms with Crippen molar-refractivity contribution in [1.29, 1.82) is 0 Å². The minimum atomic E-state index is -2.39. The van der Waals surface area contributed by atoms with Gasteiger partial charge in [-0.15, -0.1) is 11.3 Å². The molecular weight excluding hydrogens is 651 g/mol. The fourth-order valence-corrected chi connectivity index (χ4v) is 9.34. The maximum atomic E-state index is 14.8. The molecule has 0 fully saturated rings. The summed E-state index contributed by atoms with van der Waals surface area (Å²) < 4.78 is 20.5. The molecule has 0 unspecified atom stereocenters. The van der Waals surface area contributed by atoms with Crippen LogP contribution in [0.3, 0.4) is 0 Å². The lowest BCUT2D eigenvalue weighted by molar-refractivity contribution is -0.153. The first-order valence-corrected chi connectivity index (χ1v) is 24.7. The molecule has 2 heterocycles. The van der Waals surface area contributed by atoms with E-state index < -0.39 is 34.3 Å². The van der Waals surface area contributed by atoms with Crippen molar-refractivity contribution in [2.45, 2.75) is 177 Å². The van der Waals surface area contributed by atoms with E-state index in [0.29, 0.717) is 6.42 Å². The molecule has 6 nitrogen and oxygen atoms in total. The number of cyclic esters (lactones) is 1. The Balaban J connectivity index is 2.66. The van der Waals surface area contributed by atoms with E-state index in [1.165, 1.54) is 5.57 Å². The normalized spacial score (nSPS) is 27.7. The number of nitrogens with zero attached hydrogens (tertiary/aromatic N) is 1. The minimum absolute atomic E-state index is 0.00360. The number of aryl methyl sites for hydroxylation is 1. The highest BCUT2D eigenvalue weighted by atomic mass is 32.1. The molecular formula is C39H69NO5SSi2. The summed E-state index contributed by atoms with van der Waals surface area (Å²) in [4.78, 5) is 33.4. The van der Waals surface area contributed by atoms with Crippen LogP contribution in [0.4, 0.5) is 0 Å². The number of carbonyl (C=O) groups is 2. The van der Waals surface area contributed by atoms with Gasteiger partial charge in [0.2, 0.25) is 0 Å². The predicted octanol–water partition coefficient (Wildman–Crippen LogP) is 11.3. The SMILES string of the molecule is C/C1=C/CCC[C@H](C)[C@H](O[Si](C)(C)C(C)(C)C)[C@@H](C)C(=O)C(C)(C)[C@@H](O[Si](C)(C)C(C)(C)C)CC(=O)O[C@H](/C(C)=C/c2csc(C)n2)C1. The van der Waals surface area contributed by atoms with Crippen molar-refractivity contribution in [3.63, 3.8) is 0 Å². The maximum Gasteiger partial charge on any atom is 0.309 e. The van der Waals surface area contributed by atoms with E-state index >= 15 is 0 Å². The lowest BCUT2D eigenvalue weighted by Gasteiger charge is -2.46. The van der Waals surface area contributed by atoms with Gasteiger partial charge in [0.15, 0.2) is 16.6 Å². The summed E-state index contributed by atoms with van der Waals surface area (Å²) in [5, 5.41) is 2.94. The van der Waals surface area contributed by atoms with Gasteiger partial charge in [0.1, 0.15) is 11.9 Å². The monoisotopic (exact) mass is 719 g/mol. The molecule has 0 aromatic carbocycles. The zero-order valence-electron chi connectivity index (χ0n) is 33.6. The molecule has 0 saturated carbocycles. The molecule has 1 aliphatic heterocycles. The number of ketones is 1. The largest absolute Gasteiger partial charge is 0.457 e. The van der Waals surface area contributed by atoms with Crippen LogP contribution in [-0.2, 0) is 23.2 Å². The van der Waals surface area contributed by atoms with Crippen LogP contribution >= 0.6 is 11.3 Å². The highest BCUT2D eigenvalue weighted by Crippen LogP contribution is 2.44. The molecule has 1 aromatic heterocycles. The van der Waals surface area contributed by atoms with Gasteiger partial charge in [-0.1, -0.05) is 80.9 Å². The van der Waals surface area contributed by atoms with Gasteiger partial charge in [-0.2, -0.15) is 0 Å². The quantitative estimate of drug-likeness (QED) is 0.165. The Bertz CT molecular complexity index is 1310. The number of thiazole rings is 1. The van der Waals surface area contributed by atoms with E-state index in [2.05, 4.69) is 92.6 Å². The third-order valence-electron chi connectivity index (χ3n) is 11.4. The number of carbonyl (C=O) groups excluding carboxylic acids is 2. The topological polar surface area (TPSA) is 74.7 Å². The second kappa shape index (κ2) is 16.3. The van der Waals surface area contributed by atoms with Gasteiger partial charge in [-0.25, -0.2) is 4.98 Å². The zero-order chi connectivity index (χ0) is 37.0. The molecule has 0 radical (unpaired) electrons. The van der Waals surface area contributed by atoms with Crippen LogP contribution in [0.5, 0.6) is 0 Å². The summed E-state index contributed by atoms with van der Waals surface area (Å²) >= 11 is 1.61. The van der Waals surface area contributed by atoms with Crippen LogP contribution in [-0.4, -0.2) is 51.7 Å². The van der Waals surface area contributed by atoms with Crippen molar-refractivity contribution in [3.05, 3.63) is 33.3 Å². The molecule has 5 atom stereocenters. The number of ether oxygens (including phenoxy) is 1. The molecule has 274 valence electrons. The van der Waals surface area contributed by atoms with E-state index in [-0.39, 0.29) is 46.2 Å². The fourth-order valence-electron chi connectivity index (χ4n) is 5.85. The third-order valence-corrected chi connectivity index (χ3v) is 21.1. The minimum Gasteiger partial charge on any atom is -0.457 e. The average molecular weight is 720 g/mol. The Morgan fingerprint density at radius 3 is 2.06 bits per heavy atom. The van der Waals surface area contributed by atoms with E-state index in [0.717, 1.165) is 35.5 Å². The van der Waals surface area contributed by atoms with Gasteiger partial charge >= 0.3 is 5.97 Å². The first-order valence-electron chi connectivity index (χ1n) is 18.0. The smallest absolute Gasteiger partial charge is 0.309 e. The van der Waals surface area contributed by atoms with E-state index in [4.69, 9.17) is 13.6 Å². The number of aromatic nitrogens is 1. The predicted molar refractivity (Wildman–Crippen MR) is 208 cm³/mol. The van der Waals surface area contributed by atoms with Crippen molar-refractivity contribution >= 4 is 45.8 Å². The number of hydrogen-bond donors (Lipinski definition) is 0. The molecule has 1 aliphatic rings. The van der Waals surface area contributed by atoms with Crippen LogP contribution in [0.15, 0.2) is 22.6 Å². The number of Topliss-reactive ketones (excluding diaryl/α,β-unsaturated/α-hetero) is 1. The van der Waals surface area contributed by atoms with Gasteiger partial charge in [-0.05, 0) is 93.9 Å². The van der Waals surface area contributed by atoms with E-state index in [9.17, 15) is 9.59 Å². The lowest BCUT2D eigenvalue weighted by Crippen LogP contribution is -2.54. The van der Waals surface area contributed by atoms with Crippen LogP contribution in [0.1, 0.15) is 126 Å². The van der Waals surface area contributed by atoms with E-state index in [1.807, 2.05) is 46.1 Å². The second-order valence-corrected chi connectivity index (χ2v) is 28.7. The summed E-state index contributed by atoms with van der Waals surface area (Å²) in [7, 11) is -4.58. The molecule has 9 heteroatoms. The standard InChI is InChI=1S/C39H69NO5SSi2/c1-26-20-18-19-21-27(2)35(45-48(16,17)38(9,10)11)29(4)36(42)39(12,13)33(44-47(14,15)37(6,7)8)24-34(41)43-32(22-26)28(3)23-31-25-46-30(5)40-31/h20,23,25,27,29,32-33,35H,18-19,21-22,24H2,1-17H3/b26-20-,28-23+/t27-,29+,32-,33-,35-/m0/s1. The first-order chi connectivity index (χ1) is 21.7. The lowest BCUT2D eigenvalue weighted by atomic mass is 9.73. The van der Waals surface area contributed by atoms with Gasteiger partial charge in [0.05, 0.1) is 29.3 Å². The van der Waals surface area contributed by atoms with Crippen LogP contribution < -0.4 is 0 Å². The highest BCUT2D eigenvalue weighted by Gasteiger charge is 2.50. The number of rotatable bonds is 6. The Kier molecular flexibility index (Phi) is 14.5. The van der Waals surface area contributed by atoms with Crippen molar-refractivity contribution in [1.82, 2.24) is 4.98 Å². The summed E-state index contributed by atoms with van der Waals surface area (Å²) in [6.07, 6.45) is 6.51. The summed E-state index contributed by atoms with van der Waals surface area (Å²) in [6.45, 7) is 36.6. The first kappa shape index (κ1) is 42.8. The third kappa shape index (κ3) is 11.3. The average Bonchev–Trinajstić information content (AvgIpc) is 3.34. The van der Waals surface area contributed by atoms with Crippen molar-refractivity contribution in [2.75, 3.05) is 0 Å². The summed E-state index contributed by atoms with van der Waals surface area (Å²) in [5.74, 6) is -0.430. The number of hydrogen-bond acceptors (Lipinski definition) is 7. The van der Waals surface area contributed by atoms with Crippen molar-refractivity contribution in [2.24, 2.45) is 17.3 Å². The molecule has 0 amide bonds. The molecule has 0 bridgehead atoms. The molecule has 2 rings (SSSR count). The molecule has 0 saturated heterocycles. The second-order valence-electron chi connectivity index (χ2n) is 18.1. The molecule has 1 aromatic rings. The van der Waals surface area contributed by atoms with Gasteiger partial charge in [0, 0.05) is 23.1 Å². The number of allylic oxidation sites excluding steroid dienone is 1. The van der Waals surface area contributed by atoms with Gasteiger partial charge < -0.3 is 13.6 Å². The summed E-state index contributed by atoms with van der Waals surface area (Å²) in [6, 6.07) is 0. The Morgan fingerprint density at radius 1 is 0.979 bits per heavy atom.